The van der Waals surface area contributed by atoms with Gasteiger partial charge in [0.15, 0.2) is 17.5 Å². The normalized spacial score (nSPS) is 11.6. The van der Waals surface area contributed by atoms with Crippen LogP contribution in [-0.2, 0) is 0 Å². The maximum atomic E-state index is 6.49. The Kier molecular flexibility index (Phi) is 7.64. The van der Waals surface area contributed by atoms with Crippen molar-refractivity contribution < 1.29 is 4.42 Å². The van der Waals surface area contributed by atoms with Crippen molar-refractivity contribution in [2.45, 2.75) is 0 Å². The molecule has 11 aromatic rings. The van der Waals surface area contributed by atoms with Gasteiger partial charge in [-0.15, -0.1) is 11.3 Å². The van der Waals surface area contributed by atoms with Gasteiger partial charge in [0, 0.05) is 47.6 Å². The van der Waals surface area contributed by atoms with E-state index in [0.29, 0.717) is 17.5 Å². The van der Waals surface area contributed by atoms with E-state index in [-0.39, 0.29) is 0 Å². The number of rotatable bonds is 6. The van der Waals surface area contributed by atoms with E-state index in [1.54, 1.807) is 0 Å². The van der Waals surface area contributed by atoms with Crippen molar-refractivity contribution in [3.8, 4) is 67.5 Å². The summed E-state index contributed by atoms with van der Waals surface area (Å²) in [6, 6.07) is 65.7. The van der Waals surface area contributed by atoms with Crippen LogP contribution in [0.15, 0.2) is 192 Å². The molecule has 8 aromatic carbocycles. The summed E-state index contributed by atoms with van der Waals surface area (Å²) in [5, 5.41) is 4.60. The number of aromatic nitrogens is 3. The van der Waals surface area contributed by atoms with Gasteiger partial charge in [-0.25, -0.2) is 15.0 Å². The number of nitrogens with zero attached hydrogens (tertiary/aromatic N) is 3. The van der Waals surface area contributed by atoms with Gasteiger partial charge in [-0.3, -0.25) is 0 Å². The highest BCUT2D eigenvalue weighted by Crippen LogP contribution is 2.42. The maximum Gasteiger partial charge on any atom is 0.164 e. The van der Waals surface area contributed by atoms with Crippen LogP contribution in [0, 0.1) is 0 Å². The SMILES string of the molecule is c1ccc(-c2ccc(-c3nc(-c4ccccc4)nc(-c4cccc5oc6ccc(-c7cccc(-c8cccc9c8sc8ccccc89)c7)cc6c45)n3)cc2)cc1. The highest BCUT2D eigenvalue weighted by Gasteiger charge is 2.19. The highest BCUT2D eigenvalue weighted by molar-refractivity contribution is 7.26. The standard InChI is InChI=1S/C51H31N3OS/c1-3-12-32(13-4-1)33-24-26-35(27-25-33)50-52-49(34-14-5-2-6-15-34)53-51(54-50)42-21-11-22-45-47(42)43-31-37(28-29-44(43)55-45)36-16-9-17-38(30-36)39-19-10-20-41-40-18-7-8-23-46(40)56-48(39)41/h1-31H. The number of thiophene rings is 1. The van der Waals surface area contributed by atoms with Crippen molar-refractivity contribution in [1.82, 2.24) is 15.0 Å². The molecule has 0 fully saturated rings. The Bertz CT molecular complexity index is 3240. The van der Waals surface area contributed by atoms with Crippen LogP contribution in [0.4, 0.5) is 0 Å². The Balaban J connectivity index is 1.04. The van der Waals surface area contributed by atoms with Crippen molar-refractivity contribution in [1.29, 1.82) is 0 Å². The zero-order valence-electron chi connectivity index (χ0n) is 30.1. The molecule has 5 heteroatoms. The van der Waals surface area contributed by atoms with Gasteiger partial charge in [0.2, 0.25) is 0 Å². The van der Waals surface area contributed by atoms with Crippen molar-refractivity contribution in [3.05, 3.63) is 188 Å². The summed E-state index contributed by atoms with van der Waals surface area (Å²) < 4.78 is 9.11. The lowest BCUT2D eigenvalue weighted by atomic mass is 9.96. The fraction of sp³-hybridized carbons (Fsp3) is 0. The second kappa shape index (κ2) is 13.3. The molecular formula is C51H31N3OS. The molecule has 0 aliphatic carbocycles. The van der Waals surface area contributed by atoms with Gasteiger partial charge < -0.3 is 4.42 Å². The minimum Gasteiger partial charge on any atom is -0.456 e. The summed E-state index contributed by atoms with van der Waals surface area (Å²) in [5.41, 5.74) is 11.3. The number of furan rings is 1. The summed E-state index contributed by atoms with van der Waals surface area (Å²) in [6.45, 7) is 0. The average molecular weight is 734 g/mol. The first-order valence-electron chi connectivity index (χ1n) is 18.7. The van der Waals surface area contributed by atoms with E-state index < -0.39 is 0 Å². The Hall–Kier alpha value is -7.21. The third kappa shape index (κ3) is 5.56. The van der Waals surface area contributed by atoms with E-state index in [1.807, 2.05) is 59.9 Å². The summed E-state index contributed by atoms with van der Waals surface area (Å²) >= 11 is 1.86. The lowest BCUT2D eigenvalue weighted by Gasteiger charge is -2.10. The van der Waals surface area contributed by atoms with E-state index in [0.717, 1.165) is 55.3 Å². The van der Waals surface area contributed by atoms with Crippen molar-refractivity contribution in [2.24, 2.45) is 0 Å². The third-order valence-corrected chi connectivity index (χ3v) is 11.8. The summed E-state index contributed by atoms with van der Waals surface area (Å²) in [4.78, 5) is 15.3. The molecule has 0 atom stereocenters. The van der Waals surface area contributed by atoms with Crippen molar-refractivity contribution >= 4 is 53.4 Å². The smallest absolute Gasteiger partial charge is 0.164 e. The molecule has 0 N–H and O–H groups in total. The molecule has 0 aliphatic heterocycles. The topological polar surface area (TPSA) is 51.8 Å². The summed E-state index contributed by atoms with van der Waals surface area (Å²) in [6.07, 6.45) is 0. The molecular weight excluding hydrogens is 703 g/mol. The molecule has 11 rings (SSSR count). The van der Waals surface area contributed by atoms with Crippen LogP contribution in [0.3, 0.4) is 0 Å². The van der Waals surface area contributed by atoms with Crippen LogP contribution < -0.4 is 0 Å². The molecule has 3 heterocycles. The third-order valence-electron chi connectivity index (χ3n) is 10.6. The van der Waals surface area contributed by atoms with Crippen LogP contribution in [0.2, 0.25) is 0 Å². The van der Waals surface area contributed by atoms with E-state index in [4.69, 9.17) is 19.4 Å². The fourth-order valence-electron chi connectivity index (χ4n) is 7.82. The lowest BCUT2D eigenvalue weighted by molar-refractivity contribution is 0.669. The molecule has 0 saturated carbocycles. The van der Waals surface area contributed by atoms with E-state index >= 15 is 0 Å². The fourth-order valence-corrected chi connectivity index (χ4v) is 9.06. The Labute approximate surface area is 327 Å². The zero-order valence-corrected chi connectivity index (χ0v) is 30.9. The number of fused-ring (bicyclic) bond motifs is 6. The molecule has 3 aromatic heterocycles. The zero-order chi connectivity index (χ0) is 37.0. The Morgan fingerprint density at radius 3 is 1.71 bits per heavy atom. The minimum atomic E-state index is 0.595. The van der Waals surface area contributed by atoms with Gasteiger partial charge in [0.25, 0.3) is 0 Å². The van der Waals surface area contributed by atoms with E-state index in [9.17, 15) is 0 Å². The first-order valence-corrected chi connectivity index (χ1v) is 19.5. The molecule has 4 nitrogen and oxygen atoms in total. The van der Waals surface area contributed by atoms with Gasteiger partial charge in [-0.2, -0.15) is 0 Å². The molecule has 0 unspecified atom stereocenters. The molecule has 0 amide bonds. The largest absolute Gasteiger partial charge is 0.456 e. The molecule has 0 radical (unpaired) electrons. The van der Waals surface area contributed by atoms with Crippen LogP contribution in [-0.4, -0.2) is 15.0 Å². The van der Waals surface area contributed by atoms with Gasteiger partial charge >= 0.3 is 0 Å². The molecule has 0 bridgehead atoms. The lowest BCUT2D eigenvalue weighted by Crippen LogP contribution is -2.00. The second-order valence-electron chi connectivity index (χ2n) is 14.0. The predicted molar refractivity (Wildman–Crippen MR) is 233 cm³/mol. The van der Waals surface area contributed by atoms with Gasteiger partial charge in [0.1, 0.15) is 11.2 Å². The first kappa shape index (κ1) is 32.2. The highest BCUT2D eigenvalue weighted by atomic mass is 32.1. The van der Waals surface area contributed by atoms with Crippen molar-refractivity contribution in [3.63, 3.8) is 0 Å². The number of hydrogen-bond acceptors (Lipinski definition) is 5. The molecule has 0 saturated heterocycles. The molecule has 0 spiro atoms. The number of benzene rings is 8. The molecule has 262 valence electrons. The van der Waals surface area contributed by atoms with Crippen LogP contribution >= 0.6 is 11.3 Å². The van der Waals surface area contributed by atoms with Gasteiger partial charge in [-0.05, 0) is 63.7 Å². The van der Waals surface area contributed by atoms with E-state index in [1.165, 1.54) is 36.9 Å². The van der Waals surface area contributed by atoms with Crippen LogP contribution in [0.5, 0.6) is 0 Å². The molecule has 0 aliphatic rings. The predicted octanol–water partition coefficient (Wildman–Crippen LogP) is 14.1. The van der Waals surface area contributed by atoms with Gasteiger partial charge in [-0.1, -0.05) is 158 Å². The Morgan fingerprint density at radius 2 is 0.893 bits per heavy atom. The van der Waals surface area contributed by atoms with E-state index in [2.05, 4.69) is 140 Å². The van der Waals surface area contributed by atoms with Crippen molar-refractivity contribution in [2.75, 3.05) is 0 Å². The second-order valence-corrected chi connectivity index (χ2v) is 15.0. The molecule has 56 heavy (non-hydrogen) atoms. The monoisotopic (exact) mass is 733 g/mol. The maximum absolute atomic E-state index is 6.49. The average Bonchev–Trinajstić information content (AvgIpc) is 3.85. The van der Waals surface area contributed by atoms with Gasteiger partial charge in [0.05, 0.1) is 0 Å². The van der Waals surface area contributed by atoms with Crippen LogP contribution in [0.25, 0.3) is 110 Å². The first-order chi connectivity index (χ1) is 27.7. The number of hydrogen-bond donors (Lipinski definition) is 0. The summed E-state index contributed by atoms with van der Waals surface area (Å²) in [5.74, 6) is 1.83. The quantitative estimate of drug-likeness (QED) is 0.171. The Morgan fingerprint density at radius 1 is 0.339 bits per heavy atom. The minimum absolute atomic E-state index is 0.595. The summed E-state index contributed by atoms with van der Waals surface area (Å²) in [7, 11) is 0. The van der Waals surface area contributed by atoms with Crippen LogP contribution in [0.1, 0.15) is 0 Å².